The summed E-state index contributed by atoms with van der Waals surface area (Å²) in [5, 5.41) is 6.91. The lowest BCUT2D eigenvalue weighted by Gasteiger charge is -2.11. The van der Waals surface area contributed by atoms with Gasteiger partial charge in [-0.25, -0.2) is 8.42 Å². The Morgan fingerprint density at radius 3 is 2.24 bits per heavy atom. The van der Waals surface area contributed by atoms with Crippen LogP contribution in [0.5, 0.6) is 0 Å². The van der Waals surface area contributed by atoms with Crippen LogP contribution >= 0.6 is 11.6 Å². The van der Waals surface area contributed by atoms with Crippen molar-refractivity contribution in [3.05, 3.63) is 76.8 Å². The molecule has 0 fully saturated rings. The van der Waals surface area contributed by atoms with Crippen LogP contribution in [-0.2, 0) is 25.8 Å². The predicted molar refractivity (Wildman–Crippen MR) is 114 cm³/mol. The average molecular weight is 435 g/mol. The molecule has 0 saturated carbocycles. The zero-order valence-electron chi connectivity index (χ0n) is 15.8. The highest BCUT2D eigenvalue weighted by molar-refractivity contribution is 8.07. The van der Waals surface area contributed by atoms with E-state index in [1.165, 1.54) is 11.6 Å². The molecule has 0 aliphatic heterocycles. The largest absolute Gasteiger partial charge is 0.480 e. The number of sulfone groups is 1. The predicted octanol–water partition coefficient (Wildman–Crippen LogP) is 4.55. The van der Waals surface area contributed by atoms with Gasteiger partial charge in [0.2, 0.25) is 9.84 Å². The van der Waals surface area contributed by atoms with E-state index in [0.717, 1.165) is 18.9 Å². The molecule has 0 saturated heterocycles. The molecule has 0 heterocycles. The molecule has 1 unspecified atom stereocenters. The molecule has 1 atom stereocenters. The van der Waals surface area contributed by atoms with Crippen LogP contribution in [0.1, 0.15) is 36.8 Å². The Hall–Kier alpha value is -2.44. The Morgan fingerprint density at radius 2 is 1.62 bits per heavy atom. The van der Waals surface area contributed by atoms with Crippen molar-refractivity contribution in [2.45, 2.75) is 37.4 Å². The molecule has 1 N–H and O–H groups in total. The molecule has 5 nitrogen and oxygen atoms in total. The van der Waals surface area contributed by atoms with Gasteiger partial charge in [0.1, 0.15) is 0 Å². The van der Waals surface area contributed by atoms with Crippen LogP contribution in [0, 0.1) is 0 Å². The minimum Gasteiger partial charge on any atom is -0.480 e. The quantitative estimate of drug-likeness (QED) is 0.437. The van der Waals surface area contributed by atoms with Gasteiger partial charge in [0, 0.05) is 5.02 Å². The lowest BCUT2D eigenvalue weighted by Crippen LogP contribution is -2.34. The van der Waals surface area contributed by atoms with Gasteiger partial charge in [-0.2, -0.15) is 0 Å². The van der Waals surface area contributed by atoms with E-state index in [-0.39, 0.29) is 6.42 Å². The number of unbranched alkanes of at least 4 members (excludes halogenated alkanes) is 2. The van der Waals surface area contributed by atoms with Gasteiger partial charge in [0.05, 0.1) is 0 Å². The highest BCUT2D eigenvalue weighted by atomic mass is 35.5. The normalized spacial score (nSPS) is 12.7. The average Bonchev–Trinajstić information content (AvgIpc) is 2.70. The fraction of sp³-hybridized carbons (Fsp3) is 0.273. The third-order valence-electron chi connectivity index (χ3n) is 4.49. The summed E-state index contributed by atoms with van der Waals surface area (Å²) in [5.41, 5.74) is 1.77. The monoisotopic (exact) mass is 434 g/mol. The van der Waals surface area contributed by atoms with Crippen LogP contribution in [0.2, 0.25) is 5.02 Å². The number of rotatable bonds is 10. The van der Waals surface area contributed by atoms with E-state index in [1.54, 1.807) is 24.3 Å². The molecule has 2 aromatic carbocycles. The van der Waals surface area contributed by atoms with Crippen molar-refractivity contribution in [1.29, 1.82) is 0 Å². The second-order valence-corrected chi connectivity index (χ2v) is 9.16. The smallest absolute Gasteiger partial charge is 0.322 e. The highest BCUT2D eigenvalue weighted by Crippen LogP contribution is 2.17. The van der Waals surface area contributed by atoms with E-state index < -0.39 is 26.2 Å². The molecular weight excluding hydrogens is 412 g/mol. The SMILES string of the molecule is O=C(O)C(CCCCCc1ccccc1)S(=O)(=O)C(=O)/C=C/c1ccc(Cl)cc1. The van der Waals surface area contributed by atoms with Crippen molar-refractivity contribution in [2.24, 2.45) is 0 Å². The second-order valence-electron chi connectivity index (χ2n) is 6.66. The van der Waals surface area contributed by atoms with Crippen LogP contribution in [0.3, 0.4) is 0 Å². The molecule has 0 radical (unpaired) electrons. The first kappa shape index (κ1) is 22.8. The summed E-state index contributed by atoms with van der Waals surface area (Å²) in [6, 6.07) is 16.3. The van der Waals surface area contributed by atoms with E-state index in [9.17, 15) is 23.1 Å². The molecule has 0 aliphatic rings. The first-order valence-corrected chi connectivity index (χ1v) is 11.2. The van der Waals surface area contributed by atoms with Crippen LogP contribution in [0.25, 0.3) is 6.08 Å². The Kier molecular flexibility index (Phi) is 8.61. The van der Waals surface area contributed by atoms with Crippen LogP contribution in [-0.4, -0.2) is 29.9 Å². The molecule has 0 spiro atoms. The van der Waals surface area contributed by atoms with Gasteiger partial charge in [-0.3, -0.25) is 9.59 Å². The number of carboxylic acid groups (broad SMARTS) is 1. The van der Waals surface area contributed by atoms with Crippen LogP contribution < -0.4 is 0 Å². The Bertz CT molecular complexity index is 950. The topological polar surface area (TPSA) is 88.5 Å². The molecule has 29 heavy (non-hydrogen) atoms. The van der Waals surface area contributed by atoms with E-state index in [0.29, 0.717) is 23.4 Å². The van der Waals surface area contributed by atoms with E-state index in [1.807, 2.05) is 30.3 Å². The van der Waals surface area contributed by atoms with Gasteiger partial charge >= 0.3 is 5.97 Å². The molecule has 2 aromatic rings. The highest BCUT2D eigenvalue weighted by Gasteiger charge is 2.36. The summed E-state index contributed by atoms with van der Waals surface area (Å²) in [5.74, 6) is -1.50. The summed E-state index contributed by atoms with van der Waals surface area (Å²) in [6.07, 6.45) is 4.89. The van der Waals surface area contributed by atoms with Crippen molar-refractivity contribution >= 4 is 38.6 Å². The van der Waals surface area contributed by atoms with Crippen molar-refractivity contribution < 1.29 is 23.1 Å². The molecule has 0 amide bonds. The van der Waals surface area contributed by atoms with Crippen molar-refractivity contribution in [3.63, 3.8) is 0 Å². The molecule has 0 aliphatic carbocycles. The number of hydrogen-bond acceptors (Lipinski definition) is 4. The minimum atomic E-state index is -4.47. The molecule has 0 aromatic heterocycles. The molecule has 0 bridgehead atoms. The van der Waals surface area contributed by atoms with E-state index in [2.05, 4.69) is 0 Å². The maximum absolute atomic E-state index is 12.4. The summed E-state index contributed by atoms with van der Waals surface area (Å²) in [6.45, 7) is 0. The van der Waals surface area contributed by atoms with Gasteiger partial charge in [0.15, 0.2) is 5.25 Å². The fourth-order valence-corrected chi connectivity index (χ4v) is 4.27. The van der Waals surface area contributed by atoms with Gasteiger partial charge in [-0.05, 0) is 48.6 Å². The number of carbonyl (C=O) groups excluding carboxylic acids is 1. The molecule has 2 rings (SSSR count). The number of benzene rings is 2. The van der Waals surface area contributed by atoms with Gasteiger partial charge < -0.3 is 5.11 Å². The number of halogens is 1. The first-order chi connectivity index (χ1) is 13.8. The molecule has 154 valence electrons. The summed E-state index contributed by atoms with van der Waals surface area (Å²) < 4.78 is 24.9. The lowest BCUT2D eigenvalue weighted by molar-refractivity contribution is -0.136. The number of carboxylic acids is 1. The molecular formula is C22H23ClO5S. The number of carbonyl (C=O) groups is 2. The van der Waals surface area contributed by atoms with Gasteiger partial charge in [-0.15, -0.1) is 0 Å². The third kappa shape index (κ3) is 7.15. The Balaban J connectivity index is 1.92. The van der Waals surface area contributed by atoms with Gasteiger partial charge in [0.25, 0.3) is 5.12 Å². The zero-order valence-corrected chi connectivity index (χ0v) is 17.4. The Morgan fingerprint density at radius 1 is 0.966 bits per heavy atom. The number of aliphatic carboxylic acids is 1. The standard InChI is InChI=1S/C22H23ClO5S/c23-19-14-11-18(12-15-19)13-16-21(24)29(27,28)20(22(25)26)10-6-2-5-9-17-7-3-1-4-8-17/h1,3-4,7-8,11-16,20H,2,5-6,9-10H2,(H,25,26)/b16-13+. The van der Waals surface area contributed by atoms with Crippen molar-refractivity contribution in [3.8, 4) is 0 Å². The first-order valence-electron chi connectivity index (χ1n) is 9.29. The lowest BCUT2D eigenvalue weighted by atomic mass is 10.1. The van der Waals surface area contributed by atoms with Crippen LogP contribution in [0.4, 0.5) is 0 Å². The minimum absolute atomic E-state index is 0.0903. The van der Waals surface area contributed by atoms with Crippen LogP contribution in [0.15, 0.2) is 60.7 Å². The number of aryl methyl sites for hydroxylation is 1. The van der Waals surface area contributed by atoms with Crippen molar-refractivity contribution in [2.75, 3.05) is 0 Å². The van der Waals surface area contributed by atoms with Crippen molar-refractivity contribution in [1.82, 2.24) is 0 Å². The van der Waals surface area contributed by atoms with E-state index >= 15 is 0 Å². The summed E-state index contributed by atoms with van der Waals surface area (Å²) in [4.78, 5) is 23.6. The third-order valence-corrected chi connectivity index (χ3v) is 6.62. The fourth-order valence-electron chi connectivity index (χ4n) is 2.86. The maximum atomic E-state index is 12.4. The zero-order chi connectivity index (χ0) is 21.3. The molecule has 7 heteroatoms. The number of hydrogen-bond donors (Lipinski definition) is 1. The summed E-state index contributed by atoms with van der Waals surface area (Å²) in [7, 11) is -4.47. The maximum Gasteiger partial charge on any atom is 0.322 e. The summed E-state index contributed by atoms with van der Waals surface area (Å²) >= 11 is 5.78. The Labute approximate surface area is 175 Å². The second kappa shape index (κ2) is 10.9. The van der Waals surface area contributed by atoms with E-state index in [4.69, 9.17) is 11.6 Å². The van der Waals surface area contributed by atoms with Gasteiger partial charge in [-0.1, -0.05) is 73.0 Å².